The maximum atomic E-state index is 12.8. The van der Waals surface area contributed by atoms with Crippen LogP contribution in [0.4, 0.5) is 4.79 Å². The van der Waals surface area contributed by atoms with E-state index < -0.39 is 5.97 Å². The molecule has 2 fully saturated rings. The van der Waals surface area contributed by atoms with Crippen molar-refractivity contribution >= 4 is 12.0 Å². The lowest BCUT2D eigenvalue weighted by Crippen LogP contribution is -2.48. The highest BCUT2D eigenvalue weighted by atomic mass is 16.4. The third-order valence-corrected chi connectivity index (χ3v) is 6.44. The summed E-state index contributed by atoms with van der Waals surface area (Å²) in [6, 6.07) is 10.8. The topological polar surface area (TPSA) is 72.9 Å². The second-order valence-electron chi connectivity index (χ2n) is 8.56. The van der Waals surface area contributed by atoms with Crippen LogP contribution in [0.25, 0.3) is 0 Å². The molecule has 1 saturated carbocycles. The van der Waals surface area contributed by atoms with Gasteiger partial charge in [-0.2, -0.15) is 0 Å². The molecule has 1 heterocycles. The van der Waals surface area contributed by atoms with Gasteiger partial charge < -0.3 is 15.3 Å². The van der Waals surface area contributed by atoms with E-state index in [-0.39, 0.29) is 24.0 Å². The molecule has 2 N–H and O–H groups in total. The Balaban J connectivity index is 1.48. The van der Waals surface area contributed by atoms with Crippen molar-refractivity contribution in [1.82, 2.24) is 15.1 Å². The highest BCUT2D eigenvalue weighted by Crippen LogP contribution is 2.43. The Labute approximate surface area is 167 Å². The normalized spacial score (nSPS) is 21.6. The Bertz CT molecular complexity index is 660. The summed E-state index contributed by atoms with van der Waals surface area (Å²) in [5.41, 5.74) is 1.54. The molecule has 2 aliphatic rings. The molecule has 1 aliphatic heterocycles. The number of carboxylic acids is 1. The van der Waals surface area contributed by atoms with E-state index in [0.717, 1.165) is 38.8 Å². The summed E-state index contributed by atoms with van der Waals surface area (Å²) in [5, 5.41) is 12.2. The number of carbonyl (C=O) groups is 2. The zero-order valence-electron chi connectivity index (χ0n) is 16.9. The number of nitrogens with zero attached hydrogens (tertiary/aromatic N) is 2. The number of carboxylic acid groups (broad SMARTS) is 1. The lowest BCUT2D eigenvalue weighted by molar-refractivity contribution is -0.138. The maximum absolute atomic E-state index is 12.8. The number of benzene rings is 1. The van der Waals surface area contributed by atoms with Crippen molar-refractivity contribution < 1.29 is 14.7 Å². The first-order valence-electron chi connectivity index (χ1n) is 10.5. The summed E-state index contributed by atoms with van der Waals surface area (Å²) in [6.45, 7) is 2.22. The van der Waals surface area contributed by atoms with Gasteiger partial charge in [0.25, 0.3) is 0 Å². The average Bonchev–Trinajstić information content (AvgIpc) is 2.90. The second-order valence-corrected chi connectivity index (χ2v) is 8.56. The summed E-state index contributed by atoms with van der Waals surface area (Å²) in [4.78, 5) is 27.5. The Morgan fingerprint density at radius 3 is 2.57 bits per heavy atom. The molecule has 1 atom stereocenters. The number of likely N-dealkylation sites (tertiary alicyclic amines) is 1. The highest BCUT2D eigenvalue weighted by Gasteiger charge is 2.37. The van der Waals surface area contributed by atoms with Crippen molar-refractivity contribution in [1.29, 1.82) is 0 Å². The fourth-order valence-electron chi connectivity index (χ4n) is 4.56. The minimum atomic E-state index is -0.800. The predicted molar refractivity (Wildman–Crippen MR) is 109 cm³/mol. The number of amides is 2. The average molecular weight is 388 g/mol. The molecule has 1 unspecified atom stereocenters. The quantitative estimate of drug-likeness (QED) is 0.754. The Kier molecular flexibility index (Phi) is 6.94. The first-order chi connectivity index (χ1) is 13.5. The summed E-state index contributed by atoms with van der Waals surface area (Å²) in [7, 11) is 1.86. The van der Waals surface area contributed by atoms with Crippen LogP contribution in [-0.2, 0) is 11.2 Å². The van der Waals surface area contributed by atoms with E-state index in [1.165, 1.54) is 24.8 Å². The molecular weight excluding hydrogens is 354 g/mol. The van der Waals surface area contributed by atoms with Gasteiger partial charge in [0.1, 0.15) is 0 Å². The Hall–Kier alpha value is -2.08. The molecule has 0 bridgehead atoms. The van der Waals surface area contributed by atoms with Crippen LogP contribution in [0.1, 0.15) is 44.1 Å². The molecule has 6 heteroatoms. The van der Waals surface area contributed by atoms with Gasteiger partial charge >= 0.3 is 12.0 Å². The van der Waals surface area contributed by atoms with Crippen LogP contribution in [0.15, 0.2) is 30.3 Å². The molecule has 28 heavy (non-hydrogen) atoms. The first-order valence-corrected chi connectivity index (χ1v) is 10.5. The Morgan fingerprint density at radius 2 is 1.93 bits per heavy atom. The lowest BCUT2D eigenvalue weighted by Gasteiger charge is -2.42. The van der Waals surface area contributed by atoms with Gasteiger partial charge in [-0.05, 0) is 56.6 Å². The van der Waals surface area contributed by atoms with E-state index in [4.69, 9.17) is 5.11 Å². The van der Waals surface area contributed by atoms with Crippen molar-refractivity contribution in [3.8, 4) is 0 Å². The van der Waals surface area contributed by atoms with Gasteiger partial charge in [0.15, 0.2) is 0 Å². The predicted octanol–water partition coefficient (Wildman–Crippen LogP) is 2.98. The zero-order chi connectivity index (χ0) is 20.0. The molecule has 6 nitrogen and oxygen atoms in total. The van der Waals surface area contributed by atoms with E-state index in [0.29, 0.717) is 6.54 Å². The molecule has 0 aromatic heterocycles. The van der Waals surface area contributed by atoms with E-state index in [2.05, 4.69) is 29.6 Å². The minimum absolute atomic E-state index is 0.0286. The number of hydrogen-bond donors (Lipinski definition) is 2. The standard InChI is InChI=1S/C22H33N3O3/c1-24(16-20(26)27)19-9-5-13-25(14-10-19)21(28)23-17-22(11-6-12-22)15-18-7-3-2-4-8-18/h2-4,7-8,19H,5-6,9-17H2,1H3,(H,23,28)(H,26,27). The highest BCUT2D eigenvalue weighted by molar-refractivity contribution is 5.74. The van der Waals surface area contributed by atoms with E-state index in [9.17, 15) is 9.59 Å². The van der Waals surface area contributed by atoms with Gasteiger partial charge in [-0.1, -0.05) is 36.8 Å². The van der Waals surface area contributed by atoms with Crippen LogP contribution < -0.4 is 5.32 Å². The van der Waals surface area contributed by atoms with Crippen molar-refractivity contribution in [3.63, 3.8) is 0 Å². The summed E-state index contributed by atoms with van der Waals surface area (Å²) < 4.78 is 0. The smallest absolute Gasteiger partial charge is 0.317 e. The van der Waals surface area contributed by atoms with Crippen molar-refractivity contribution in [2.24, 2.45) is 5.41 Å². The molecule has 0 radical (unpaired) electrons. The van der Waals surface area contributed by atoms with Crippen LogP contribution in [0, 0.1) is 5.41 Å². The third kappa shape index (κ3) is 5.47. The van der Waals surface area contributed by atoms with Gasteiger partial charge in [-0.15, -0.1) is 0 Å². The van der Waals surface area contributed by atoms with E-state index >= 15 is 0 Å². The van der Waals surface area contributed by atoms with Gasteiger partial charge in [0.05, 0.1) is 6.54 Å². The molecule has 1 aromatic rings. The molecule has 154 valence electrons. The molecule has 1 saturated heterocycles. The van der Waals surface area contributed by atoms with Crippen molar-refractivity contribution in [2.45, 2.75) is 51.0 Å². The molecule has 0 spiro atoms. The number of carbonyl (C=O) groups excluding carboxylic acids is 1. The van der Waals surface area contributed by atoms with E-state index in [1.807, 2.05) is 22.9 Å². The molecule has 1 aliphatic carbocycles. The van der Waals surface area contributed by atoms with Gasteiger partial charge in [0.2, 0.25) is 0 Å². The number of rotatable bonds is 7. The van der Waals surface area contributed by atoms with Crippen LogP contribution in [0.5, 0.6) is 0 Å². The zero-order valence-corrected chi connectivity index (χ0v) is 16.9. The first kappa shape index (κ1) is 20.6. The van der Waals surface area contributed by atoms with Gasteiger partial charge in [0, 0.05) is 25.7 Å². The molecule has 2 amide bonds. The number of hydrogen-bond acceptors (Lipinski definition) is 3. The van der Waals surface area contributed by atoms with Crippen LogP contribution in [0.3, 0.4) is 0 Å². The monoisotopic (exact) mass is 387 g/mol. The fourth-order valence-corrected chi connectivity index (χ4v) is 4.56. The Morgan fingerprint density at radius 1 is 1.18 bits per heavy atom. The molecule has 1 aromatic carbocycles. The SMILES string of the molecule is CN(CC(=O)O)C1CCCN(C(=O)NCC2(Cc3ccccc3)CCC2)CC1. The van der Waals surface area contributed by atoms with Gasteiger partial charge in [-0.3, -0.25) is 9.69 Å². The summed E-state index contributed by atoms with van der Waals surface area (Å²) >= 11 is 0. The fraction of sp³-hybridized carbons (Fsp3) is 0.636. The number of nitrogens with one attached hydrogen (secondary N) is 1. The summed E-state index contributed by atoms with van der Waals surface area (Å²) in [5.74, 6) is -0.800. The lowest BCUT2D eigenvalue weighted by atomic mass is 9.65. The van der Waals surface area contributed by atoms with Crippen molar-refractivity contribution in [2.75, 3.05) is 33.2 Å². The number of aliphatic carboxylic acids is 1. The van der Waals surface area contributed by atoms with Crippen molar-refractivity contribution in [3.05, 3.63) is 35.9 Å². The third-order valence-electron chi connectivity index (χ3n) is 6.44. The molecular formula is C22H33N3O3. The van der Waals surface area contributed by atoms with Crippen LogP contribution in [-0.4, -0.2) is 66.2 Å². The van der Waals surface area contributed by atoms with E-state index in [1.54, 1.807) is 0 Å². The minimum Gasteiger partial charge on any atom is -0.480 e. The van der Waals surface area contributed by atoms with Crippen LogP contribution >= 0.6 is 0 Å². The van der Waals surface area contributed by atoms with Gasteiger partial charge in [-0.25, -0.2) is 4.79 Å². The largest absolute Gasteiger partial charge is 0.480 e. The number of urea groups is 1. The maximum Gasteiger partial charge on any atom is 0.317 e. The summed E-state index contributed by atoms with van der Waals surface area (Å²) in [6.07, 6.45) is 7.28. The van der Waals surface area contributed by atoms with Crippen LogP contribution in [0.2, 0.25) is 0 Å². The molecule has 3 rings (SSSR count). The second kappa shape index (κ2) is 9.41. The number of likely N-dealkylation sites (N-methyl/N-ethyl adjacent to an activating group) is 1.